The number of hydrogen-bond acceptors (Lipinski definition) is 3. The van der Waals surface area contributed by atoms with Crippen LogP contribution >= 0.6 is 0 Å². The Morgan fingerprint density at radius 3 is 2.57 bits per heavy atom. The first-order chi connectivity index (χ1) is 9.94. The minimum Gasteiger partial charge on any atom is -0.483 e. The minimum atomic E-state index is -1.11. The van der Waals surface area contributed by atoms with Gasteiger partial charge in [0.1, 0.15) is 11.3 Å². The molecule has 1 fully saturated rings. The first-order valence-electron chi connectivity index (χ1n) is 7.18. The van der Waals surface area contributed by atoms with Crippen molar-refractivity contribution in [2.45, 2.75) is 45.1 Å². The van der Waals surface area contributed by atoms with Crippen molar-refractivity contribution in [2.24, 2.45) is 0 Å². The van der Waals surface area contributed by atoms with Gasteiger partial charge in [-0.25, -0.2) is 4.79 Å². The van der Waals surface area contributed by atoms with Crippen LogP contribution in [0.2, 0.25) is 0 Å². The lowest BCUT2D eigenvalue weighted by Gasteiger charge is -2.25. The number of benzene rings is 1. The predicted molar refractivity (Wildman–Crippen MR) is 78.4 cm³/mol. The van der Waals surface area contributed by atoms with Gasteiger partial charge in [0.2, 0.25) is 0 Å². The molecular weight excluding hydrogens is 270 g/mol. The van der Waals surface area contributed by atoms with Gasteiger partial charge in [-0.3, -0.25) is 4.79 Å². The largest absolute Gasteiger partial charge is 0.483 e. The molecule has 0 spiro atoms. The Kier molecular flexibility index (Phi) is 4.50. The van der Waals surface area contributed by atoms with Crippen LogP contribution in [0.5, 0.6) is 5.75 Å². The normalized spacial score (nSPS) is 16.5. The van der Waals surface area contributed by atoms with Crippen LogP contribution in [0.1, 0.15) is 36.8 Å². The maximum absolute atomic E-state index is 12.0. The molecule has 5 nitrogen and oxygen atoms in total. The lowest BCUT2D eigenvalue weighted by Crippen LogP contribution is -2.53. The van der Waals surface area contributed by atoms with E-state index in [1.807, 2.05) is 26.0 Å². The van der Waals surface area contributed by atoms with E-state index in [0.717, 1.165) is 24.0 Å². The van der Waals surface area contributed by atoms with E-state index in [-0.39, 0.29) is 12.5 Å². The maximum atomic E-state index is 12.0. The Labute approximate surface area is 124 Å². The van der Waals surface area contributed by atoms with Gasteiger partial charge >= 0.3 is 5.97 Å². The fraction of sp³-hybridized carbons (Fsp3) is 0.500. The molecule has 2 N–H and O–H groups in total. The molecule has 5 heteroatoms. The average molecular weight is 291 g/mol. The number of carbonyl (C=O) groups is 2. The molecule has 1 aromatic rings. The summed E-state index contributed by atoms with van der Waals surface area (Å²) >= 11 is 0. The number of hydrogen-bond donors (Lipinski definition) is 2. The summed E-state index contributed by atoms with van der Waals surface area (Å²) in [6.45, 7) is 3.73. The highest BCUT2D eigenvalue weighted by molar-refractivity contribution is 5.87. The fourth-order valence-electron chi connectivity index (χ4n) is 2.70. The highest BCUT2D eigenvalue weighted by atomic mass is 16.5. The van der Waals surface area contributed by atoms with Crippen LogP contribution in [-0.4, -0.2) is 29.1 Å². The van der Waals surface area contributed by atoms with E-state index in [4.69, 9.17) is 4.74 Å². The average Bonchev–Trinajstić information content (AvgIpc) is 2.90. The van der Waals surface area contributed by atoms with Crippen molar-refractivity contribution >= 4 is 11.9 Å². The predicted octanol–water partition coefficient (Wildman–Crippen LogP) is 2.20. The van der Waals surface area contributed by atoms with E-state index in [1.54, 1.807) is 6.07 Å². The van der Waals surface area contributed by atoms with Gasteiger partial charge in [-0.1, -0.05) is 25.0 Å². The van der Waals surface area contributed by atoms with Crippen LogP contribution in [0.3, 0.4) is 0 Å². The third-order valence-electron chi connectivity index (χ3n) is 4.16. The molecule has 1 aromatic carbocycles. The minimum absolute atomic E-state index is 0.167. The molecule has 0 saturated heterocycles. The molecule has 1 aliphatic rings. The number of aryl methyl sites for hydroxylation is 1. The van der Waals surface area contributed by atoms with Crippen LogP contribution < -0.4 is 10.1 Å². The van der Waals surface area contributed by atoms with Crippen LogP contribution in [0.4, 0.5) is 0 Å². The first kappa shape index (κ1) is 15.4. The van der Waals surface area contributed by atoms with Gasteiger partial charge in [0, 0.05) is 0 Å². The zero-order valence-corrected chi connectivity index (χ0v) is 12.4. The van der Waals surface area contributed by atoms with Gasteiger partial charge in [0.05, 0.1) is 0 Å². The Hall–Kier alpha value is -2.04. The Balaban J connectivity index is 1.96. The smallest absolute Gasteiger partial charge is 0.329 e. The summed E-state index contributed by atoms with van der Waals surface area (Å²) in [5, 5.41) is 12.0. The number of carboxylic acids is 1. The van der Waals surface area contributed by atoms with Gasteiger partial charge < -0.3 is 15.2 Å². The summed E-state index contributed by atoms with van der Waals surface area (Å²) in [6, 6.07) is 5.64. The van der Waals surface area contributed by atoms with Crippen molar-refractivity contribution in [3.8, 4) is 5.75 Å². The summed E-state index contributed by atoms with van der Waals surface area (Å²) in [6.07, 6.45) is 2.62. The molecule has 1 amide bonds. The zero-order chi connectivity index (χ0) is 15.5. The van der Waals surface area contributed by atoms with Crippen molar-refractivity contribution in [2.75, 3.05) is 6.61 Å². The molecule has 0 heterocycles. The number of rotatable bonds is 5. The topological polar surface area (TPSA) is 75.6 Å². The van der Waals surface area contributed by atoms with E-state index in [0.29, 0.717) is 18.6 Å². The molecule has 1 saturated carbocycles. The van der Waals surface area contributed by atoms with Gasteiger partial charge in [-0.05, 0) is 43.9 Å². The number of ether oxygens (including phenoxy) is 1. The molecule has 2 rings (SSSR count). The lowest BCUT2D eigenvalue weighted by molar-refractivity contribution is -0.147. The molecule has 1 aliphatic carbocycles. The second-order valence-corrected chi connectivity index (χ2v) is 5.63. The Morgan fingerprint density at radius 1 is 1.29 bits per heavy atom. The number of carboxylic acid groups (broad SMARTS) is 1. The molecule has 114 valence electrons. The van der Waals surface area contributed by atoms with Crippen molar-refractivity contribution in [1.82, 2.24) is 5.32 Å². The third kappa shape index (κ3) is 3.35. The van der Waals surface area contributed by atoms with Crippen LogP contribution in [0.15, 0.2) is 18.2 Å². The third-order valence-corrected chi connectivity index (χ3v) is 4.16. The summed E-state index contributed by atoms with van der Waals surface area (Å²) in [5.41, 5.74) is 0.965. The molecule has 0 bridgehead atoms. The molecule has 0 aliphatic heterocycles. The van der Waals surface area contributed by atoms with E-state index in [2.05, 4.69) is 5.32 Å². The maximum Gasteiger partial charge on any atom is 0.329 e. The van der Waals surface area contributed by atoms with E-state index in [9.17, 15) is 14.7 Å². The van der Waals surface area contributed by atoms with Crippen molar-refractivity contribution < 1.29 is 19.4 Å². The van der Waals surface area contributed by atoms with Crippen molar-refractivity contribution in [3.63, 3.8) is 0 Å². The first-order valence-corrected chi connectivity index (χ1v) is 7.18. The second kappa shape index (κ2) is 6.16. The second-order valence-electron chi connectivity index (χ2n) is 5.63. The van der Waals surface area contributed by atoms with E-state index >= 15 is 0 Å². The summed E-state index contributed by atoms with van der Waals surface area (Å²) in [5.74, 6) is -0.693. The highest BCUT2D eigenvalue weighted by Crippen LogP contribution is 2.30. The monoisotopic (exact) mass is 291 g/mol. The lowest BCUT2D eigenvalue weighted by atomic mass is 9.98. The van der Waals surface area contributed by atoms with E-state index in [1.165, 1.54) is 0 Å². The van der Waals surface area contributed by atoms with Gasteiger partial charge in [-0.15, -0.1) is 0 Å². The number of carbonyl (C=O) groups excluding carboxylic acids is 1. The van der Waals surface area contributed by atoms with Crippen molar-refractivity contribution in [3.05, 3.63) is 29.3 Å². The SMILES string of the molecule is Cc1cccc(OCC(=O)NC2(C(=O)O)CCCC2)c1C. The number of amides is 1. The summed E-state index contributed by atoms with van der Waals surface area (Å²) in [7, 11) is 0. The summed E-state index contributed by atoms with van der Waals surface area (Å²) in [4.78, 5) is 23.4. The number of aliphatic carboxylic acids is 1. The van der Waals surface area contributed by atoms with Crippen LogP contribution in [0, 0.1) is 13.8 Å². The quantitative estimate of drug-likeness (QED) is 0.872. The zero-order valence-electron chi connectivity index (χ0n) is 12.4. The molecule has 0 radical (unpaired) electrons. The number of nitrogens with one attached hydrogen (secondary N) is 1. The molecule has 21 heavy (non-hydrogen) atoms. The molecular formula is C16H21NO4. The van der Waals surface area contributed by atoms with E-state index < -0.39 is 11.5 Å². The van der Waals surface area contributed by atoms with Gasteiger partial charge in [-0.2, -0.15) is 0 Å². The summed E-state index contributed by atoms with van der Waals surface area (Å²) < 4.78 is 5.51. The molecule has 0 atom stereocenters. The molecule has 0 aromatic heterocycles. The van der Waals surface area contributed by atoms with Crippen LogP contribution in [0.25, 0.3) is 0 Å². The van der Waals surface area contributed by atoms with Gasteiger partial charge in [0.25, 0.3) is 5.91 Å². The molecule has 0 unspecified atom stereocenters. The Morgan fingerprint density at radius 2 is 1.95 bits per heavy atom. The van der Waals surface area contributed by atoms with Crippen LogP contribution in [-0.2, 0) is 9.59 Å². The Bertz CT molecular complexity index is 547. The standard InChI is InChI=1S/C16H21NO4/c1-11-6-5-7-13(12(11)2)21-10-14(18)17-16(15(19)20)8-3-4-9-16/h5-7H,3-4,8-10H2,1-2H3,(H,17,18)(H,19,20). The van der Waals surface area contributed by atoms with Gasteiger partial charge in [0.15, 0.2) is 6.61 Å². The highest BCUT2D eigenvalue weighted by Gasteiger charge is 2.42. The fourth-order valence-corrected chi connectivity index (χ4v) is 2.70. The van der Waals surface area contributed by atoms with Crippen molar-refractivity contribution in [1.29, 1.82) is 0 Å².